The fourth-order valence-corrected chi connectivity index (χ4v) is 2.64. The molecule has 0 radical (unpaired) electrons. The highest BCUT2D eigenvalue weighted by Gasteiger charge is 2.23. The highest BCUT2D eigenvalue weighted by molar-refractivity contribution is 5.96. The van der Waals surface area contributed by atoms with E-state index in [2.05, 4.69) is 10.6 Å². The van der Waals surface area contributed by atoms with Crippen LogP contribution in [0.5, 0.6) is 0 Å². The third-order valence-electron chi connectivity index (χ3n) is 3.92. The van der Waals surface area contributed by atoms with Crippen molar-refractivity contribution in [2.45, 2.75) is 38.7 Å². The first-order valence-corrected chi connectivity index (χ1v) is 7.40. The van der Waals surface area contributed by atoms with E-state index in [-0.39, 0.29) is 23.8 Å². The second-order valence-electron chi connectivity index (χ2n) is 5.58. The number of amides is 2. The van der Waals surface area contributed by atoms with Gasteiger partial charge in [-0.1, -0.05) is 25.0 Å². The fraction of sp³-hybridized carbons (Fsp3) is 0.500. The molecule has 5 nitrogen and oxygen atoms in total. The minimum absolute atomic E-state index is 0.0376. The second-order valence-corrected chi connectivity index (χ2v) is 5.58. The lowest BCUT2D eigenvalue weighted by molar-refractivity contribution is 0.0711. The molecule has 1 aliphatic carbocycles. The number of carbonyl (C=O) groups excluding carboxylic acids is 2. The minimum Gasteiger partial charge on any atom is -0.393 e. The van der Waals surface area contributed by atoms with Gasteiger partial charge in [-0.25, -0.2) is 4.79 Å². The summed E-state index contributed by atoms with van der Waals surface area (Å²) >= 11 is 0. The molecule has 0 aromatic heterocycles. The largest absolute Gasteiger partial charge is 0.393 e. The number of rotatable bonds is 4. The van der Waals surface area contributed by atoms with Crippen molar-refractivity contribution in [2.75, 3.05) is 11.9 Å². The molecule has 2 amide bonds. The summed E-state index contributed by atoms with van der Waals surface area (Å²) in [6.45, 7) is 1.96. The van der Waals surface area contributed by atoms with E-state index in [4.69, 9.17) is 0 Å². The van der Waals surface area contributed by atoms with Crippen LogP contribution in [0.25, 0.3) is 0 Å². The molecule has 2 atom stereocenters. The Bertz CT molecular complexity index is 516. The molecule has 1 saturated carbocycles. The molecule has 1 aromatic carbocycles. The highest BCUT2D eigenvalue weighted by atomic mass is 16.3. The van der Waals surface area contributed by atoms with Gasteiger partial charge in [-0.05, 0) is 31.9 Å². The Labute approximate surface area is 124 Å². The van der Waals surface area contributed by atoms with Gasteiger partial charge in [0.25, 0.3) is 0 Å². The zero-order valence-electron chi connectivity index (χ0n) is 12.3. The third kappa shape index (κ3) is 4.56. The van der Waals surface area contributed by atoms with Gasteiger partial charge in [0.15, 0.2) is 5.78 Å². The van der Waals surface area contributed by atoms with Crippen molar-refractivity contribution in [3.05, 3.63) is 29.8 Å². The molecule has 0 bridgehead atoms. The first-order chi connectivity index (χ1) is 10.1. The summed E-state index contributed by atoms with van der Waals surface area (Å²) in [6, 6.07) is 6.52. The quantitative estimate of drug-likeness (QED) is 0.746. The van der Waals surface area contributed by atoms with Gasteiger partial charge in [-0.2, -0.15) is 0 Å². The van der Waals surface area contributed by atoms with Crippen molar-refractivity contribution in [2.24, 2.45) is 5.92 Å². The van der Waals surface area contributed by atoms with Crippen LogP contribution in [0.4, 0.5) is 10.5 Å². The standard InChI is InChI=1S/C16H22N2O3/c1-11(19)12-6-4-7-14(9-12)18-16(21)17-10-13-5-2-3-8-15(13)20/h4,6-7,9,13,15,20H,2-3,5,8,10H2,1H3,(H2,17,18,21). The molecule has 1 fully saturated rings. The number of urea groups is 1. The Balaban J connectivity index is 1.84. The summed E-state index contributed by atoms with van der Waals surface area (Å²) in [4.78, 5) is 23.1. The van der Waals surface area contributed by atoms with Crippen LogP contribution in [0, 0.1) is 5.92 Å². The van der Waals surface area contributed by atoms with Crippen LogP contribution in [-0.4, -0.2) is 29.6 Å². The zero-order valence-corrected chi connectivity index (χ0v) is 12.3. The number of anilines is 1. The van der Waals surface area contributed by atoms with Crippen LogP contribution in [0.3, 0.4) is 0 Å². The number of aliphatic hydroxyl groups excluding tert-OH is 1. The van der Waals surface area contributed by atoms with E-state index < -0.39 is 0 Å². The van der Waals surface area contributed by atoms with Gasteiger partial charge < -0.3 is 15.7 Å². The van der Waals surface area contributed by atoms with Gasteiger partial charge in [0.1, 0.15) is 0 Å². The predicted molar refractivity (Wildman–Crippen MR) is 81.4 cm³/mol. The summed E-state index contributed by atoms with van der Waals surface area (Å²) in [5.41, 5.74) is 1.15. The number of hydrogen-bond acceptors (Lipinski definition) is 3. The molecule has 1 aliphatic rings. The number of benzene rings is 1. The molecular formula is C16H22N2O3. The average molecular weight is 290 g/mol. The second kappa shape index (κ2) is 7.22. The smallest absolute Gasteiger partial charge is 0.319 e. The van der Waals surface area contributed by atoms with Crippen LogP contribution in [0.2, 0.25) is 0 Å². The maximum Gasteiger partial charge on any atom is 0.319 e. The summed E-state index contributed by atoms with van der Waals surface area (Å²) in [7, 11) is 0. The van der Waals surface area contributed by atoms with Crippen molar-refractivity contribution in [1.29, 1.82) is 0 Å². The normalized spacial score (nSPS) is 21.6. The molecule has 1 aromatic rings. The molecule has 0 heterocycles. The topological polar surface area (TPSA) is 78.4 Å². The van der Waals surface area contributed by atoms with Crippen molar-refractivity contribution >= 4 is 17.5 Å². The number of carbonyl (C=O) groups is 2. The number of hydrogen-bond donors (Lipinski definition) is 3. The van der Waals surface area contributed by atoms with Crippen LogP contribution < -0.4 is 10.6 Å². The van der Waals surface area contributed by atoms with Crippen LogP contribution in [0.1, 0.15) is 43.0 Å². The molecular weight excluding hydrogens is 268 g/mol. The van der Waals surface area contributed by atoms with Crippen molar-refractivity contribution in [3.8, 4) is 0 Å². The maximum atomic E-state index is 11.9. The summed E-state index contributed by atoms with van der Waals surface area (Å²) in [6.07, 6.45) is 3.60. The number of Topliss-reactive ketones (excluding diaryl/α,β-unsaturated/α-hetero) is 1. The van der Waals surface area contributed by atoms with Crippen LogP contribution in [-0.2, 0) is 0 Å². The van der Waals surface area contributed by atoms with Gasteiger partial charge in [-0.3, -0.25) is 4.79 Å². The van der Waals surface area contributed by atoms with E-state index in [9.17, 15) is 14.7 Å². The summed E-state index contributed by atoms with van der Waals surface area (Å²) in [5.74, 6) is 0.0949. The molecule has 0 spiro atoms. The molecule has 114 valence electrons. The van der Waals surface area contributed by atoms with Gasteiger partial charge >= 0.3 is 6.03 Å². The maximum absolute atomic E-state index is 11.9. The summed E-state index contributed by atoms with van der Waals surface area (Å²) < 4.78 is 0. The number of aliphatic hydroxyl groups is 1. The predicted octanol–water partition coefficient (Wildman–Crippen LogP) is 2.56. The van der Waals surface area contributed by atoms with Gasteiger partial charge in [0, 0.05) is 23.7 Å². The van der Waals surface area contributed by atoms with Crippen molar-refractivity contribution in [3.63, 3.8) is 0 Å². The van der Waals surface area contributed by atoms with E-state index >= 15 is 0 Å². The zero-order chi connectivity index (χ0) is 15.2. The third-order valence-corrected chi connectivity index (χ3v) is 3.92. The molecule has 3 N–H and O–H groups in total. The first kappa shape index (κ1) is 15.5. The molecule has 5 heteroatoms. The van der Waals surface area contributed by atoms with E-state index in [0.717, 1.165) is 25.7 Å². The highest BCUT2D eigenvalue weighted by Crippen LogP contribution is 2.23. The Morgan fingerprint density at radius 1 is 1.29 bits per heavy atom. The molecule has 0 saturated heterocycles. The Morgan fingerprint density at radius 3 is 2.76 bits per heavy atom. The van der Waals surface area contributed by atoms with Crippen LogP contribution >= 0.6 is 0 Å². The van der Waals surface area contributed by atoms with Crippen molar-refractivity contribution in [1.82, 2.24) is 5.32 Å². The lowest BCUT2D eigenvalue weighted by Gasteiger charge is -2.27. The monoisotopic (exact) mass is 290 g/mol. The van der Waals surface area contributed by atoms with Gasteiger partial charge in [-0.15, -0.1) is 0 Å². The first-order valence-electron chi connectivity index (χ1n) is 7.40. The van der Waals surface area contributed by atoms with E-state index in [1.54, 1.807) is 24.3 Å². The molecule has 0 aliphatic heterocycles. The van der Waals surface area contributed by atoms with Crippen molar-refractivity contribution < 1.29 is 14.7 Å². The van der Waals surface area contributed by atoms with E-state index in [1.165, 1.54) is 6.92 Å². The van der Waals surface area contributed by atoms with Crippen LogP contribution in [0.15, 0.2) is 24.3 Å². The van der Waals surface area contributed by atoms with E-state index in [0.29, 0.717) is 17.8 Å². The Hall–Kier alpha value is -1.88. The lowest BCUT2D eigenvalue weighted by atomic mass is 9.86. The SMILES string of the molecule is CC(=O)c1cccc(NC(=O)NCC2CCCCC2O)c1. The van der Waals surface area contributed by atoms with E-state index in [1.807, 2.05) is 0 Å². The average Bonchev–Trinajstić information content (AvgIpc) is 2.46. The number of nitrogens with one attached hydrogen (secondary N) is 2. The summed E-state index contributed by atoms with van der Waals surface area (Å²) in [5, 5.41) is 15.4. The van der Waals surface area contributed by atoms with Gasteiger partial charge in [0.05, 0.1) is 6.10 Å². The molecule has 2 unspecified atom stereocenters. The minimum atomic E-state index is -0.319. The Kier molecular flexibility index (Phi) is 5.33. The Morgan fingerprint density at radius 2 is 2.05 bits per heavy atom. The number of ketones is 1. The lowest BCUT2D eigenvalue weighted by Crippen LogP contribution is -2.38. The van der Waals surface area contributed by atoms with Gasteiger partial charge in [0.2, 0.25) is 0 Å². The fourth-order valence-electron chi connectivity index (χ4n) is 2.64. The molecule has 21 heavy (non-hydrogen) atoms. The molecule has 2 rings (SSSR count).